The number of thiophene rings is 1. The fourth-order valence-electron chi connectivity index (χ4n) is 2.27. The number of aliphatic hydroxyl groups is 1. The number of nitrogens with zero attached hydrogens (tertiary/aromatic N) is 1. The summed E-state index contributed by atoms with van der Waals surface area (Å²) in [6.07, 6.45) is 2.21. The molecule has 0 radical (unpaired) electrons. The molecule has 1 aromatic rings. The molecule has 0 aromatic carbocycles. The van der Waals surface area contributed by atoms with Crippen molar-refractivity contribution < 1.29 is 5.11 Å². The van der Waals surface area contributed by atoms with Crippen LogP contribution in [0.2, 0.25) is 0 Å². The Bertz CT molecular complexity index is 307. The third kappa shape index (κ3) is 4.07. The van der Waals surface area contributed by atoms with Gasteiger partial charge in [-0.1, -0.05) is 6.07 Å². The molecule has 2 heterocycles. The van der Waals surface area contributed by atoms with Crippen molar-refractivity contribution in [3.63, 3.8) is 0 Å². The van der Waals surface area contributed by atoms with Crippen LogP contribution in [0.1, 0.15) is 23.8 Å². The third-order valence-electron chi connectivity index (χ3n) is 3.48. The summed E-state index contributed by atoms with van der Waals surface area (Å²) < 4.78 is 0. The van der Waals surface area contributed by atoms with E-state index in [1.54, 1.807) is 11.3 Å². The molecule has 0 aliphatic carbocycles. The molecule has 1 fully saturated rings. The number of hydrogen-bond acceptors (Lipinski definition) is 4. The average molecular weight is 254 g/mol. The van der Waals surface area contributed by atoms with Gasteiger partial charge in [0.1, 0.15) is 6.10 Å². The fourth-order valence-corrected chi connectivity index (χ4v) is 2.98. The largest absolute Gasteiger partial charge is 0.386 e. The van der Waals surface area contributed by atoms with Crippen molar-refractivity contribution in [2.45, 2.75) is 18.9 Å². The van der Waals surface area contributed by atoms with E-state index in [2.05, 4.69) is 17.3 Å². The zero-order valence-corrected chi connectivity index (χ0v) is 11.2. The van der Waals surface area contributed by atoms with Crippen LogP contribution in [0.3, 0.4) is 0 Å². The Morgan fingerprint density at radius 1 is 1.53 bits per heavy atom. The molecular weight excluding hydrogens is 232 g/mol. The summed E-state index contributed by atoms with van der Waals surface area (Å²) in [6, 6.07) is 3.98. The maximum absolute atomic E-state index is 9.92. The number of piperidine rings is 1. The summed E-state index contributed by atoms with van der Waals surface area (Å²) in [4.78, 5) is 3.44. The van der Waals surface area contributed by atoms with Gasteiger partial charge in [0.25, 0.3) is 0 Å². The predicted octanol–water partition coefficient (Wildman–Crippen LogP) is 1.71. The lowest BCUT2D eigenvalue weighted by molar-refractivity contribution is 0.168. The normalized spacial score (nSPS) is 20.6. The van der Waals surface area contributed by atoms with Crippen molar-refractivity contribution >= 4 is 11.3 Å². The molecule has 0 amide bonds. The van der Waals surface area contributed by atoms with Crippen molar-refractivity contribution in [2.24, 2.45) is 5.92 Å². The quantitative estimate of drug-likeness (QED) is 0.840. The van der Waals surface area contributed by atoms with E-state index in [9.17, 15) is 5.11 Å². The standard InChI is InChI=1S/C13H22N2OS/c1-15-6-4-11(5-7-15)9-14-10-12(16)13-3-2-8-17-13/h2-3,8,11-12,14,16H,4-7,9-10H2,1H3. The van der Waals surface area contributed by atoms with Gasteiger partial charge in [-0.15, -0.1) is 11.3 Å². The van der Waals surface area contributed by atoms with Crippen molar-refractivity contribution in [3.8, 4) is 0 Å². The first-order valence-corrected chi connectivity index (χ1v) is 7.24. The molecule has 1 aliphatic rings. The minimum absolute atomic E-state index is 0.346. The lowest BCUT2D eigenvalue weighted by Gasteiger charge is -2.29. The van der Waals surface area contributed by atoms with Crippen LogP contribution in [0.4, 0.5) is 0 Å². The van der Waals surface area contributed by atoms with Crippen molar-refractivity contribution in [2.75, 3.05) is 33.2 Å². The van der Waals surface area contributed by atoms with Crippen LogP contribution in [0.15, 0.2) is 17.5 Å². The molecule has 3 nitrogen and oxygen atoms in total. The van der Waals surface area contributed by atoms with Crippen LogP contribution in [0, 0.1) is 5.92 Å². The molecule has 17 heavy (non-hydrogen) atoms. The summed E-state index contributed by atoms with van der Waals surface area (Å²) in [7, 11) is 2.18. The number of hydrogen-bond donors (Lipinski definition) is 2. The Kier molecular flexibility index (Phi) is 4.98. The number of likely N-dealkylation sites (tertiary alicyclic amines) is 1. The zero-order valence-electron chi connectivity index (χ0n) is 10.4. The molecule has 1 saturated heterocycles. The SMILES string of the molecule is CN1CCC(CNCC(O)c2cccs2)CC1. The van der Waals surface area contributed by atoms with Crippen molar-refractivity contribution in [1.29, 1.82) is 0 Å². The smallest absolute Gasteiger partial charge is 0.101 e. The van der Waals surface area contributed by atoms with E-state index in [0.717, 1.165) is 17.3 Å². The van der Waals surface area contributed by atoms with Crippen LogP contribution in [-0.4, -0.2) is 43.2 Å². The van der Waals surface area contributed by atoms with E-state index in [1.165, 1.54) is 25.9 Å². The first-order chi connectivity index (χ1) is 8.25. The second-order valence-electron chi connectivity index (χ2n) is 4.94. The molecule has 1 aliphatic heterocycles. The van der Waals surface area contributed by atoms with Crippen LogP contribution < -0.4 is 5.32 Å². The Labute approximate surface area is 107 Å². The first kappa shape index (κ1) is 13.0. The molecule has 0 bridgehead atoms. The highest BCUT2D eigenvalue weighted by Crippen LogP contribution is 2.18. The summed E-state index contributed by atoms with van der Waals surface area (Å²) in [6.45, 7) is 4.13. The van der Waals surface area contributed by atoms with Crippen LogP contribution in [-0.2, 0) is 0 Å². The topological polar surface area (TPSA) is 35.5 Å². The summed E-state index contributed by atoms with van der Waals surface area (Å²) in [5, 5.41) is 15.3. The minimum atomic E-state index is -0.346. The maximum Gasteiger partial charge on any atom is 0.101 e. The summed E-state index contributed by atoms with van der Waals surface area (Å²) in [5.41, 5.74) is 0. The van der Waals surface area contributed by atoms with Crippen LogP contribution in [0.25, 0.3) is 0 Å². The van der Waals surface area contributed by atoms with Gasteiger partial charge in [-0.3, -0.25) is 0 Å². The van der Waals surface area contributed by atoms with E-state index >= 15 is 0 Å². The molecular formula is C13H22N2OS. The molecule has 2 rings (SSSR count). The van der Waals surface area contributed by atoms with E-state index in [1.807, 2.05) is 17.5 Å². The minimum Gasteiger partial charge on any atom is -0.386 e. The Morgan fingerprint density at radius 3 is 2.94 bits per heavy atom. The van der Waals surface area contributed by atoms with E-state index in [4.69, 9.17) is 0 Å². The molecule has 2 N–H and O–H groups in total. The average Bonchev–Trinajstić information content (AvgIpc) is 2.85. The van der Waals surface area contributed by atoms with Gasteiger partial charge in [0.2, 0.25) is 0 Å². The molecule has 96 valence electrons. The Balaban J connectivity index is 1.63. The van der Waals surface area contributed by atoms with E-state index < -0.39 is 0 Å². The monoisotopic (exact) mass is 254 g/mol. The zero-order chi connectivity index (χ0) is 12.1. The van der Waals surface area contributed by atoms with Gasteiger partial charge in [0.05, 0.1) is 0 Å². The van der Waals surface area contributed by atoms with Gasteiger partial charge in [-0.2, -0.15) is 0 Å². The highest BCUT2D eigenvalue weighted by atomic mass is 32.1. The number of rotatable bonds is 5. The van der Waals surface area contributed by atoms with Gasteiger partial charge in [0.15, 0.2) is 0 Å². The van der Waals surface area contributed by atoms with Gasteiger partial charge >= 0.3 is 0 Å². The van der Waals surface area contributed by atoms with Crippen molar-refractivity contribution in [3.05, 3.63) is 22.4 Å². The molecule has 4 heteroatoms. The van der Waals surface area contributed by atoms with Crippen LogP contribution in [0.5, 0.6) is 0 Å². The number of nitrogens with one attached hydrogen (secondary N) is 1. The summed E-state index contributed by atoms with van der Waals surface area (Å²) in [5.74, 6) is 0.779. The van der Waals surface area contributed by atoms with Gasteiger partial charge in [-0.25, -0.2) is 0 Å². The highest BCUT2D eigenvalue weighted by Gasteiger charge is 2.16. The molecule has 0 spiro atoms. The lowest BCUT2D eigenvalue weighted by atomic mass is 9.97. The van der Waals surface area contributed by atoms with Gasteiger partial charge in [0, 0.05) is 11.4 Å². The molecule has 1 aromatic heterocycles. The van der Waals surface area contributed by atoms with Gasteiger partial charge in [-0.05, 0) is 56.9 Å². The van der Waals surface area contributed by atoms with E-state index in [-0.39, 0.29) is 6.10 Å². The third-order valence-corrected chi connectivity index (χ3v) is 4.45. The second-order valence-corrected chi connectivity index (χ2v) is 5.92. The molecule has 1 unspecified atom stereocenters. The predicted molar refractivity (Wildman–Crippen MR) is 72.4 cm³/mol. The van der Waals surface area contributed by atoms with E-state index in [0.29, 0.717) is 6.54 Å². The Hall–Kier alpha value is -0.420. The van der Waals surface area contributed by atoms with Crippen molar-refractivity contribution in [1.82, 2.24) is 10.2 Å². The summed E-state index contributed by atoms with van der Waals surface area (Å²) >= 11 is 1.62. The molecule has 0 saturated carbocycles. The van der Waals surface area contributed by atoms with Gasteiger partial charge < -0.3 is 15.3 Å². The number of aliphatic hydroxyl groups excluding tert-OH is 1. The maximum atomic E-state index is 9.92. The molecule has 1 atom stereocenters. The first-order valence-electron chi connectivity index (χ1n) is 6.36. The fraction of sp³-hybridized carbons (Fsp3) is 0.692. The van der Waals surface area contributed by atoms with Crippen LogP contribution >= 0.6 is 11.3 Å². The second kappa shape index (κ2) is 6.50. The Morgan fingerprint density at radius 2 is 2.29 bits per heavy atom. The highest BCUT2D eigenvalue weighted by molar-refractivity contribution is 7.10. The lowest BCUT2D eigenvalue weighted by Crippen LogP contribution is -2.36.